The van der Waals surface area contributed by atoms with Crippen LogP contribution in [0, 0.1) is 5.92 Å². The van der Waals surface area contributed by atoms with Crippen LogP contribution in [0.5, 0.6) is 11.5 Å². The summed E-state index contributed by atoms with van der Waals surface area (Å²) < 4.78 is 17.4. The van der Waals surface area contributed by atoms with Crippen molar-refractivity contribution in [3.05, 3.63) is 101 Å². The minimum atomic E-state index is -0.951. The summed E-state index contributed by atoms with van der Waals surface area (Å²) in [7, 11) is 3.19. The van der Waals surface area contributed by atoms with Gasteiger partial charge >= 0.3 is 6.16 Å². The largest absolute Gasteiger partial charge is 0.514 e. The van der Waals surface area contributed by atoms with E-state index in [4.69, 9.17) is 24.3 Å². The standard InChI is InChI=1S/C30H33N5O5/c1-19(2)18-39-30(37)40-26-23(38-5)16-17-31-25(26)29(36)32-20(3)28-33-27(34-35(28)4)24(21-12-8-6-9-13-21)22-14-10-7-11-15-22/h6-17,19-20,24H,18H2,1-5H3,(H,32,36)/t20-/m0/s1. The summed E-state index contributed by atoms with van der Waals surface area (Å²) in [5.74, 6) is 0.535. The molecule has 0 aliphatic rings. The molecular formula is C30H33N5O5. The molecule has 2 aromatic heterocycles. The van der Waals surface area contributed by atoms with Gasteiger partial charge in [-0.2, -0.15) is 5.10 Å². The summed E-state index contributed by atoms with van der Waals surface area (Å²) >= 11 is 0. The number of nitrogens with zero attached hydrogens (tertiary/aromatic N) is 4. The Hall–Kier alpha value is -4.73. The van der Waals surface area contributed by atoms with E-state index in [0.717, 1.165) is 11.1 Å². The number of amides is 1. The second-order valence-electron chi connectivity index (χ2n) is 9.65. The Morgan fingerprint density at radius 3 is 2.15 bits per heavy atom. The lowest BCUT2D eigenvalue weighted by atomic mass is 9.91. The van der Waals surface area contributed by atoms with Crippen LogP contribution in [-0.2, 0) is 11.8 Å². The Balaban J connectivity index is 1.59. The maximum absolute atomic E-state index is 13.3. The Kier molecular flexibility index (Phi) is 9.11. The Bertz CT molecular complexity index is 1400. The van der Waals surface area contributed by atoms with Gasteiger partial charge in [0.15, 0.2) is 17.3 Å². The van der Waals surface area contributed by atoms with Gasteiger partial charge in [0.1, 0.15) is 5.82 Å². The van der Waals surface area contributed by atoms with Crippen LogP contribution >= 0.6 is 0 Å². The molecule has 4 rings (SSSR count). The first-order valence-electron chi connectivity index (χ1n) is 13.0. The van der Waals surface area contributed by atoms with Crippen molar-refractivity contribution in [2.24, 2.45) is 13.0 Å². The van der Waals surface area contributed by atoms with Crippen LogP contribution < -0.4 is 14.8 Å². The normalized spacial score (nSPS) is 11.8. The van der Waals surface area contributed by atoms with E-state index in [1.807, 2.05) is 74.5 Å². The minimum absolute atomic E-state index is 0.117. The Morgan fingerprint density at radius 1 is 0.950 bits per heavy atom. The summed E-state index contributed by atoms with van der Waals surface area (Å²) in [6, 6.07) is 21.0. The summed E-state index contributed by atoms with van der Waals surface area (Å²) in [5.41, 5.74) is 1.98. The number of aromatic nitrogens is 4. The fraction of sp³-hybridized carbons (Fsp3) is 0.300. The first-order valence-corrected chi connectivity index (χ1v) is 13.0. The third-order valence-corrected chi connectivity index (χ3v) is 6.10. The molecule has 10 nitrogen and oxygen atoms in total. The van der Waals surface area contributed by atoms with E-state index in [0.29, 0.717) is 11.6 Å². The number of ether oxygens (including phenoxy) is 3. The van der Waals surface area contributed by atoms with Gasteiger partial charge in [-0.1, -0.05) is 74.5 Å². The van der Waals surface area contributed by atoms with E-state index in [1.165, 1.54) is 19.4 Å². The average molecular weight is 544 g/mol. The molecule has 4 aromatic rings. The molecule has 40 heavy (non-hydrogen) atoms. The third kappa shape index (κ3) is 6.63. The van der Waals surface area contributed by atoms with Gasteiger partial charge in [-0.3, -0.25) is 9.48 Å². The molecule has 0 radical (unpaired) electrons. The zero-order valence-corrected chi connectivity index (χ0v) is 23.2. The highest BCUT2D eigenvalue weighted by Crippen LogP contribution is 2.32. The second-order valence-corrected chi connectivity index (χ2v) is 9.65. The van der Waals surface area contributed by atoms with E-state index in [2.05, 4.69) is 10.3 Å². The molecule has 1 atom stereocenters. The van der Waals surface area contributed by atoms with Crippen molar-refractivity contribution in [3.63, 3.8) is 0 Å². The molecule has 0 spiro atoms. The molecule has 0 bridgehead atoms. The number of methoxy groups -OCH3 is 1. The van der Waals surface area contributed by atoms with E-state index in [1.54, 1.807) is 18.7 Å². The summed E-state index contributed by atoms with van der Waals surface area (Å²) in [4.78, 5) is 34.6. The first-order chi connectivity index (χ1) is 19.3. The molecule has 1 N–H and O–H groups in total. The summed E-state index contributed by atoms with van der Waals surface area (Å²) in [6.07, 6.45) is 0.447. The van der Waals surface area contributed by atoms with Crippen molar-refractivity contribution in [1.82, 2.24) is 25.1 Å². The molecule has 0 fully saturated rings. The number of hydrogen-bond acceptors (Lipinski definition) is 8. The molecule has 10 heteroatoms. The molecule has 0 aliphatic heterocycles. The predicted octanol–water partition coefficient (Wildman–Crippen LogP) is 5.06. The second kappa shape index (κ2) is 12.9. The van der Waals surface area contributed by atoms with Gasteiger partial charge in [-0.15, -0.1) is 0 Å². The third-order valence-electron chi connectivity index (χ3n) is 6.10. The molecular weight excluding hydrogens is 510 g/mol. The van der Waals surface area contributed by atoms with Gasteiger partial charge in [0, 0.05) is 19.3 Å². The van der Waals surface area contributed by atoms with Gasteiger partial charge in [0.2, 0.25) is 5.75 Å². The van der Waals surface area contributed by atoms with E-state index >= 15 is 0 Å². The quantitative estimate of drug-likeness (QED) is 0.276. The van der Waals surface area contributed by atoms with Crippen molar-refractivity contribution >= 4 is 12.1 Å². The number of nitrogens with one attached hydrogen (secondary N) is 1. The predicted molar refractivity (Wildman–Crippen MR) is 148 cm³/mol. The molecule has 0 saturated carbocycles. The summed E-state index contributed by atoms with van der Waals surface area (Å²) in [5, 5.41) is 7.60. The van der Waals surface area contributed by atoms with Crippen molar-refractivity contribution in [1.29, 1.82) is 0 Å². The highest BCUT2D eigenvalue weighted by molar-refractivity contribution is 5.96. The van der Waals surface area contributed by atoms with E-state index in [9.17, 15) is 9.59 Å². The van der Waals surface area contributed by atoms with Gasteiger partial charge < -0.3 is 19.5 Å². The number of benzene rings is 2. The van der Waals surface area contributed by atoms with Crippen molar-refractivity contribution in [3.8, 4) is 11.5 Å². The number of aryl methyl sites for hydroxylation is 1. The Morgan fingerprint density at radius 2 is 1.57 bits per heavy atom. The van der Waals surface area contributed by atoms with Crippen molar-refractivity contribution in [2.45, 2.75) is 32.7 Å². The summed E-state index contributed by atoms with van der Waals surface area (Å²) in [6.45, 7) is 5.76. The van der Waals surface area contributed by atoms with Gasteiger partial charge in [0.25, 0.3) is 5.91 Å². The molecule has 1 amide bonds. The van der Waals surface area contributed by atoms with Crippen LogP contribution in [0.25, 0.3) is 0 Å². The smallest absolute Gasteiger partial charge is 0.493 e. The maximum atomic E-state index is 13.3. The fourth-order valence-corrected chi connectivity index (χ4v) is 4.23. The lowest BCUT2D eigenvalue weighted by molar-refractivity contribution is 0.0852. The van der Waals surface area contributed by atoms with Crippen molar-refractivity contribution in [2.75, 3.05) is 13.7 Å². The molecule has 0 unspecified atom stereocenters. The molecule has 0 aliphatic carbocycles. The SMILES string of the molecule is COc1ccnc(C(=O)N[C@@H](C)c2nc(C(c3ccccc3)c3ccccc3)nn2C)c1OC(=O)OCC(C)C. The number of pyridine rings is 1. The minimum Gasteiger partial charge on any atom is -0.493 e. The lowest BCUT2D eigenvalue weighted by Gasteiger charge is -2.16. The van der Waals surface area contributed by atoms with Crippen LogP contribution in [-0.4, -0.2) is 45.5 Å². The zero-order chi connectivity index (χ0) is 28.6. The zero-order valence-electron chi connectivity index (χ0n) is 23.2. The van der Waals surface area contributed by atoms with Crippen LogP contribution in [0.1, 0.15) is 66.0 Å². The van der Waals surface area contributed by atoms with Crippen LogP contribution in [0.2, 0.25) is 0 Å². The van der Waals surface area contributed by atoms with Gasteiger partial charge in [-0.05, 0) is 24.0 Å². The molecule has 2 heterocycles. The van der Waals surface area contributed by atoms with E-state index in [-0.39, 0.29) is 35.6 Å². The van der Waals surface area contributed by atoms with Crippen LogP contribution in [0.15, 0.2) is 72.9 Å². The molecule has 2 aromatic carbocycles. The number of carbonyl (C=O) groups is 2. The van der Waals surface area contributed by atoms with Crippen LogP contribution in [0.3, 0.4) is 0 Å². The number of carbonyl (C=O) groups excluding carboxylic acids is 2. The molecule has 208 valence electrons. The maximum Gasteiger partial charge on any atom is 0.514 e. The number of hydrogen-bond donors (Lipinski definition) is 1. The number of rotatable bonds is 10. The van der Waals surface area contributed by atoms with E-state index < -0.39 is 18.1 Å². The lowest BCUT2D eigenvalue weighted by Crippen LogP contribution is -2.30. The highest BCUT2D eigenvalue weighted by atomic mass is 16.7. The highest BCUT2D eigenvalue weighted by Gasteiger charge is 2.27. The van der Waals surface area contributed by atoms with Gasteiger partial charge in [0.05, 0.1) is 25.7 Å². The Labute approximate surface area is 233 Å². The first kappa shape index (κ1) is 28.3. The average Bonchev–Trinajstić information content (AvgIpc) is 3.34. The fourth-order valence-electron chi connectivity index (χ4n) is 4.23. The van der Waals surface area contributed by atoms with Gasteiger partial charge in [-0.25, -0.2) is 14.8 Å². The topological polar surface area (TPSA) is 117 Å². The molecule has 0 saturated heterocycles. The monoisotopic (exact) mass is 543 g/mol. The van der Waals surface area contributed by atoms with Crippen molar-refractivity contribution < 1.29 is 23.8 Å². The van der Waals surface area contributed by atoms with Crippen LogP contribution in [0.4, 0.5) is 4.79 Å².